The molecule has 0 aliphatic rings. The summed E-state index contributed by atoms with van der Waals surface area (Å²) in [4.78, 5) is 0. The number of aromatic nitrogens is 2. The van der Waals surface area contributed by atoms with Crippen molar-refractivity contribution in [2.24, 2.45) is 0 Å². The van der Waals surface area contributed by atoms with Gasteiger partial charge in [-0.3, -0.25) is 0 Å². The molecule has 0 fully saturated rings. The summed E-state index contributed by atoms with van der Waals surface area (Å²) in [6.07, 6.45) is 0. The summed E-state index contributed by atoms with van der Waals surface area (Å²) in [5.41, 5.74) is 12.1. The highest BCUT2D eigenvalue weighted by molar-refractivity contribution is 6.29. The monoisotopic (exact) mass is 784 g/mol. The minimum Gasteiger partial charge on any atom is -0.309 e. The third-order valence-electron chi connectivity index (χ3n) is 13.6. The molecule has 14 rings (SSSR count). The first-order chi connectivity index (χ1) is 30.8. The number of nitrogens with zero attached hydrogens (tertiary/aromatic N) is 2. The predicted octanol–water partition coefficient (Wildman–Crippen LogP) is 16.4. The van der Waals surface area contributed by atoms with Gasteiger partial charge in [-0.1, -0.05) is 164 Å². The normalized spacial score (nSPS) is 12.2. The molecule has 0 saturated heterocycles. The fourth-order valence-electron chi connectivity index (χ4n) is 10.9. The second kappa shape index (κ2) is 12.7. The van der Waals surface area contributed by atoms with Crippen LogP contribution in [0.5, 0.6) is 0 Å². The number of rotatable bonds is 4. The largest absolute Gasteiger partial charge is 0.309 e. The zero-order chi connectivity index (χ0) is 40.5. The number of hydrogen-bond donors (Lipinski definition) is 0. The number of hydrogen-bond acceptors (Lipinski definition) is 0. The Hall–Kier alpha value is -8.20. The van der Waals surface area contributed by atoms with Crippen LogP contribution in [0.15, 0.2) is 218 Å². The molecule has 0 atom stereocenters. The summed E-state index contributed by atoms with van der Waals surface area (Å²) in [6.45, 7) is 0. The molecule has 0 saturated carbocycles. The molecule has 0 bridgehead atoms. The lowest BCUT2D eigenvalue weighted by Crippen LogP contribution is -1.94. The summed E-state index contributed by atoms with van der Waals surface area (Å²) in [7, 11) is 0. The van der Waals surface area contributed by atoms with Crippen LogP contribution in [0.2, 0.25) is 0 Å². The molecule has 12 aromatic carbocycles. The zero-order valence-electron chi connectivity index (χ0n) is 33.7. The maximum Gasteiger partial charge on any atom is 0.0619 e. The third kappa shape index (κ3) is 4.64. The van der Waals surface area contributed by atoms with E-state index >= 15 is 0 Å². The molecule has 2 heterocycles. The Morgan fingerprint density at radius 2 is 0.661 bits per heavy atom. The van der Waals surface area contributed by atoms with Gasteiger partial charge in [0.2, 0.25) is 0 Å². The van der Waals surface area contributed by atoms with E-state index in [-0.39, 0.29) is 0 Å². The summed E-state index contributed by atoms with van der Waals surface area (Å²) < 4.78 is 4.91. The van der Waals surface area contributed by atoms with Crippen LogP contribution < -0.4 is 0 Å². The first-order valence-corrected chi connectivity index (χ1v) is 21.5. The standard InChI is InChI=1S/C60H36N2/c1-3-16-43(17-4-1)61-55-32-26-41(34-53(55)49-30-22-37-12-7-9-20-45(37)59(49)61)51-36-52(48-29-25-40-15-11-14-39-24-28-47(51)58(48)57(39)40)42-27-33-56-54(35-42)50-31-23-38-13-8-10-21-46(38)60(50)62(56)44-18-5-2-6-19-44/h1-36H. The quantitative estimate of drug-likeness (QED) is 0.157. The number of para-hydroxylation sites is 2. The summed E-state index contributed by atoms with van der Waals surface area (Å²) in [5, 5.41) is 17.8. The van der Waals surface area contributed by atoms with Gasteiger partial charge in [-0.05, 0) is 120 Å². The molecule has 14 aromatic rings. The van der Waals surface area contributed by atoms with Crippen LogP contribution in [0.25, 0.3) is 131 Å². The van der Waals surface area contributed by atoms with Crippen LogP contribution in [0.3, 0.4) is 0 Å². The lowest BCUT2D eigenvalue weighted by molar-refractivity contribution is 1.19. The van der Waals surface area contributed by atoms with Gasteiger partial charge in [-0.15, -0.1) is 0 Å². The van der Waals surface area contributed by atoms with Crippen LogP contribution in [0, 0.1) is 0 Å². The molecule has 286 valence electrons. The van der Waals surface area contributed by atoms with Crippen LogP contribution in [0.1, 0.15) is 0 Å². The second-order valence-electron chi connectivity index (χ2n) is 16.8. The molecule has 2 nitrogen and oxygen atoms in total. The second-order valence-corrected chi connectivity index (χ2v) is 16.8. The van der Waals surface area contributed by atoms with Gasteiger partial charge < -0.3 is 9.13 Å². The number of fused-ring (bicyclic) bond motifs is 10. The molecular formula is C60H36N2. The highest BCUT2D eigenvalue weighted by Gasteiger charge is 2.21. The fraction of sp³-hybridized carbons (Fsp3) is 0. The van der Waals surface area contributed by atoms with E-state index < -0.39 is 0 Å². The van der Waals surface area contributed by atoms with Gasteiger partial charge in [-0.25, -0.2) is 0 Å². The smallest absolute Gasteiger partial charge is 0.0619 e. The van der Waals surface area contributed by atoms with Crippen LogP contribution in [-0.4, -0.2) is 9.13 Å². The van der Waals surface area contributed by atoms with Gasteiger partial charge >= 0.3 is 0 Å². The third-order valence-corrected chi connectivity index (χ3v) is 13.6. The lowest BCUT2D eigenvalue weighted by atomic mass is 9.85. The Labute approximate surface area is 357 Å². The van der Waals surface area contributed by atoms with E-state index in [1.165, 1.54) is 131 Å². The van der Waals surface area contributed by atoms with E-state index in [0.29, 0.717) is 0 Å². The van der Waals surface area contributed by atoms with E-state index in [0.717, 1.165) is 0 Å². The number of benzene rings is 12. The van der Waals surface area contributed by atoms with Gasteiger partial charge in [0, 0.05) is 43.7 Å². The average Bonchev–Trinajstić information content (AvgIpc) is 3.86. The van der Waals surface area contributed by atoms with Crippen molar-refractivity contribution in [2.75, 3.05) is 0 Å². The Morgan fingerprint density at radius 3 is 1.16 bits per heavy atom. The Kier molecular flexibility index (Phi) is 6.86. The predicted molar refractivity (Wildman–Crippen MR) is 265 cm³/mol. The van der Waals surface area contributed by atoms with Gasteiger partial charge in [0.05, 0.1) is 22.1 Å². The van der Waals surface area contributed by atoms with Crippen LogP contribution in [0.4, 0.5) is 0 Å². The zero-order valence-corrected chi connectivity index (χ0v) is 33.7. The van der Waals surface area contributed by atoms with E-state index in [9.17, 15) is 0 Å². The summed E-state index contributed by atoms with van der Waals surface area (Å²) in [5.74, 6) is 0. The molecule has 0 radical (unpaired) electrons. The Balaban J connectivity index is 1.07. The minimum absolute atomic E-state index is 1.17. The molecule has 0 aliphatic carbocycles. The van der Waals surface area contributed by atoms with Crippen molar-refractivity contribution in [1.29, 1.82) is 0 Å². The summed E-state index contributed by atoms with van der Waals surface area (Å²) >= 11 is 0. The minimum atomic E-state index is 1.17. The molecule has 2 heteroatoms. The molecular weight excluding hydrogens is 749 g/mol. The van der Waals surface area contributed by atoms with Crippen LogP contribution in [-0.2, 0) is 0 Å². The van der Waals surface area contributed by atoms with E-state index in [1.807, 2.05) is 0 Å². The van der Waals surface area contributed by atoms with Crippen molar-refractivity contribution in [2.45, 2.75) is 0 Å². The highest BCUT2D eigenvalue weighted by atomic mass is 15.0. The van der Waals surface area contributed by atoms with Crippen molar-refractivity contribution in [1.82, 2.24) is 9.13 Å². The molecule has 0 aliphatic heterocycles. The van der Waals surface area contributed by atoms with Crippen LogP contribution >= 0.6 is 0 Å². The molecule has 62 heavy (non-hydrogen) atoms. The van der Waals surface area contributed by atoms with Crippen molar-refractivity contribution in [3.63, 3.8) is 0 Å². The topological polar surface area (TPSA) is 9.86 Å². The average molecular weight is 785 g/mol. The maximum atomic E-state index is 2.47. The Morgan fingerprint density at radius 1 is 0.242 bits per heavy atom. The van der Waals surface area contributed by atoms with Crippen molar-refractivity contribution >= 4 is 97.5 Å². The first kappa shape index (κ1) is 33.6. The van der Waals surface area contributed by atoms with E-state index in [1.54, 1.807) is 0 Å². The van der Waals surface area contributed by atoms with E-state index in [2.05, 4.69) is 228 Å². The molecule has 0 spiro atoms. The lowest BCUT2D eigenvalue weighted by Gasteiger charge is -2.18. The van der Waals surface area contributed by atoms with Gasteiger partial charge in [-0.2, -0.15) is 0 Å². The van der Waals surface area contributed by atoms with Gasteiger partial charge in [0.15, 0.2) is 0 Å². The molecule has 2 aromatic heterocycles. The SMILES string of the molecule is c1ccc(-n2c3ccc(-c4cc(-c5ccc6c(c5)c5ccc7ccccc7c5n6-c5ccccc5)c5ccc6cccc7ccc4c5c76)cc3c3ccc4ccccc4c32)cc1. The molecule has 0 N–H and O–H groups in total. The van der Waals surface area contributed by atoms with Gasteiger partial charge in [0.25, 0.3) is 0 Å². The van der Waals surface area contributed by atoms with E-state index in [4.69, 9.17) is 0 Å². The molecule has 0 unspecified atom stereocenters. The Bertz CT molecular complexity index is 3870. The summed E-state index contributed by atoms with van der Waals surface area (Å²) in [6, 6.07) is 81.2. The first-order valence-electron chi connectivity index (χ1n) is 21.5. The molecule has 0 amide bonds. The highest BCUT2D eigenvalue weighted by Crippen LogP contribution is 2.47. The van der Waals surface area contributed by atoms with Crippen molar-refractivity contribution < 1.29 is 0 Å². The van der Waals surface area contributed by atoms with Gasteiger partial charge in [0.1, 0.15) is 0 Å². The maximum absolute atomic E-state index is 2.47. The fourth-order valence-corrected chi connectivity index (χ4v) is 10.9. The van der Waals surface area contributed by atoms with Crippen molar-refractivity contribution in [3.05, 3.63) is 218 Å². The van der Waals surface area contributed by atoms with Crippen molar-refractivity contribution in [3.8, 4) is 33.6 Å².